The van der Waals surface area contributed by atoms with Crippen molar-refractivity contribution in [3.63, 3.8) is 0 Å². The van der Waals surface area contributed by atoms with Gasteiger partial charge in [0.25, 0.3) is 0 Å². The smallest absolute Gasteiger partial charge is 0.305 e. The molecule has 22 heavy (non-hydrogen) atoms. The second kappa shape index (κ2) is 8.57. The number of ketones is 1. The van der Waals surface area contributed by atoms with E-state index < -0.39 is 0 Å². The van der Waals surface area contributed by atoms with Gasteiger partial charge in [0.1, 0.15) is 5.75 Å². The largest absolute Gasteiger partial charge is 0.493 e. The third kappa shape index (κ3) is 5.17. The van der Waals surface area contributed by atoms with Gasteiger partial charge in [-0.15, -0.1) is 0 Å². The molecule has 122 valence electrons. The minimum Gasteiger partial charge on any atom is -0.493 e. The molecule has 0 fully saturated rings. The maximum atomic E-state index is 12.3. The SMILES string of the molecule is COC(=O)CCCC(=O)c1ccc(OCC(C)C)c(C)c1C. The Hall–Kier alpha value is -1.84. The summed E-state index contributed by atoms with van der Waals surface area (Å²) < 4.78 is 10.3. The van der Waals surface area contributed by atoms with Crippen LogP contribution in [0.15, 0.2) is 12.1 Å². The van der Waals surface area contributed by atoms with E-state index in [-0.39, 0.29) is 18.2 Å². The Balaban J connectivity index is 2.73. The molecular formula is C18H26O4. The molecule has 0 N–H and O–H groups in total. The Labute approximate surface area is 132 Å². The number of Topliss-reactive ketones (excluding diaryl/α,β-unsaturated/α-hetero) is 1. The van der Waals surface area contributed by atoms with E-state index in [1.165, 1.54) is 7.11 Å². The average Bonchev–Trinajstić information content (AvgIpc) is 2.48. The van der Waals surface area contributed by atoms with Crippen molar-refractivity contribution in [2.24, 2.45) is 5.92 Å². The summed E-state index contributed by atoms with van der Waals surface area (Å²) in [6.45, 7) is 8.76. The van der Waals surface area contributed by atoms with Crippen molar-refractivity contribution in [1.82, 2.24) is 0 Å². The predicted octanol–water partition coefficient (Wildman–Crippen LogP) is 3.86. The van der Waals surface area contributed by atoms with E-state index in [2.05, 4.69) is 18.6 Å². The first-order valence-corrected chi connectivity index (χ1v) is 7.69. The van der Waals surface area contributed by atoms with Crippen molar-refractivity contribution in [1.29, 1.82) is 0 Å². The molecule has 0 heterocycles. The van der Waals surface area contributed by atoms with Crippen LogP contribution in [0.25, 0.3) is 0 Å². The number of carbonyl (C=O) groups excluding carboxylic acids is 2. The molecule has 1 rings (SSSR count). The van der Waals surface area contributed by atoms with E-state index in [4.69, 9.17) is 4.74 Å². The number of hydrogen-bond acceptors (Lipinski definition) is 4. The van der Waals surface area contributed by atoms with E-state index in [9.17, 15) is 9.59 Å². The van der Waals surface area contributed by atoms with Crippen molar-refractivity contribution < 1.29 is 19.1 Å². The van der Waals surface area contributed by atoms with Crippen LogP contribution in [0.5, 0.6) is 5.75 Å². The highest BCUT2D eigenvalue weighted by Gasteiger charge is 2.14. The topological polar surface area (TPSA) is 52.6 Å². The second-order valence-electron chi connectivity index (χ2n) is 5.92. The molecule has 0 spiro atoms. The Kier molecular flexibility index (Phi) is 7.09. The van der Waals surface area contributed by atoms with Gasteiger partial charge in [0.15, 0.2) is 5.78 Å². The molecule has 4 heteroatoms. The summed E-state index contributed by atoms with van der Waals surface area (Å²) in [5.74, 6) is 1.06. The van der Waals surface area contributed by atoms with Gasteiger partial charge < -0.3 is 9.47 Å². The number of ether oxygens (including phenoxy) is 2. The first kappa shape index (κ1) is 18.2. The Morgan fingerprint density at radius 3 is 2.36 bits per heavy atom. The fraction of sp³-hybridized carbons (Fsp3) is 0.556. The Morgan fingerprint density at radius 1 is 1.09 bits per heavy atom. The molecule has 0 atom stereocenters. The molecule has 0 aliphatic carbocycles. The fourth-order valence-corrected chi connectivity index (χ4v) is 2.14. The van der Waals surface area contributed by atoms with E-state index in [1.807, 2.05) is 26.0 Å². The van der Waals surface area contributed by atoms with Crippen molar-refractivity contribution in [3.05, 3.63) is 28.8 Å². The molecule has 0 bridgehead atoms. The number of rotatable bonds is 8. The third-order valence-corrected chi connectivity index (χ3v) is 3.62. The quantitative estimate of drug-likeness (QED) is 0.540. The molecule has 0 aliphatic rings. The van der Waals surface area contributed by atoms with Crippen LogP contribution in [0.3, 0.4) is 0 Å². The highest BCUT2D eigenvalue weighted by atomic mass is 16.5. The molecule has 0 amide bonds. The minimum atomic E-state index is -0.280. The Bertz CT molecular complexity index is 532. The summed E-state index contributed by atoms with van der Waals surface area (Å²) >= 11 is 0. The number of hydrogen-bond donors (Lipinski definition) is 0. The molecule has 1 aromatic rings. The van der Waals surface area contributed by atoms with Crippen molar-refractivity contribution in [3.8, 4) is 5.75 Å². The molecule has 0 unspecified atom stereocenters. The van der Waals surface area contributed by atoms with Crippen LogP contribution >= 0.6 is 0 Å². The second-order valence-corrected chi connectivity index (χ2v) is 5.92. The number of esters is 1. The molecule has 4 nitrogen and oxygen atoms in total. The van der Waals surface area contributed by atoms with Crippen molar-refractivity contribution in [2.75, 3.05) is 13.7 Å². The minimum absolute atomic E-state index is 0.0555. The number of benzene rings is 1. The maximum absolute atomic E-state index is 12.3. The van der Waals surface area contributed by atoms with Crippen LogP contribution in [-0.2, 0) is 9.53 Å². The monoisotopic (exact) mass is 306 g/mol. The molecule has 0 aromatic heterocycles. The first-order valence-electron chi connectivity index (χ1n) is 7.69. The molecule has 1 aromatic carbocycles. The first-order chi connectivity index (χ1) is 10.4. The van der Waals surface area contributed by atoms with Gasteiger partial charge in [-0.1, -0.05) is 13.8 Å². The van der Waals surface area contributed by atoms with E-state index in [1.54, 1.807) is 0 Å². The summed E-state index contributed by atoms with van der Waals surface area (Å²) in [4.78, 5) is 23.3. The standard InChI is InChI=1S/C18H26O4/c1-12(2)11-22-17-10-9-15(13(3)14(17)4)16(19)7-6-8-18(20)21-5/h9-10,12H,6-8,11H2,1-5H3. The van der Waals surface area contributed by atoms with Crippen molar-refractivity contribution in [2.45, 2.75) is 47.0 Å². The number of carbonyl (C=O) groups is 2. The average molecular weight is 306 g/mol. The van der Waals surface area contributed by atoms with Gasteiger partial charge in [0.2, 0.25) is 0 Å². The zero-order valence-electron chi connectivity index (χ0n) is 14.2. The van der Waals surface area contributed by atoms with E-state index in [0.717, 1.165) is 16.9 Å². The lowest BCUT2D eigenvalue weighted by Gasteiger charge is -2.15. The van der Waals surface area contributed by atoms with Crippen LogP contribution in [0.4, 0.5) is 0 Å². The molecule has 0 radical (unpaired) electrons. The van der Waals surface area contributed by atoms with Gasteiger partial charge in [-0.2, -0.15) is 0 Å². The zero-order valence-corrected chi connectivity index (χ0v) is 14.2. The summed E-state index contributed by atoms with van der Waals surface area (Å²) in [5.41, 5.74) is 2.66. The van der Waals surface area contributed by atoms with Gasteiger partial charge in [-0.05, 0) is 49.4 Å². The third-order valence-electron chi connectivity index (χ3n) is 3.62. The van der Waals surface area contributed by atoms with E-state index in [0.29, 0.717) is 30.9 Å². The lowest BCUT2D eigenvalue weighted by molar-refractivity contribution is -0.140. The van der Waals surface area contributed by atoms with Crippen LogP contribution < -0.4 is 4.74 Å². The highest BCUT2D eigenvalue weighted by Crippen LogP contribution is 2.26. The normalized spacial score (nSPS) is 10.6. The highest BCUT2D eigenvalue weighted by molar-refractivity contribution is 5.98. The molecular weight excluding hydrogens is 280 g/mol. The Morgan fingerprint density at radius 2 is 1.77 bits per heavy atom. The summed E-state index contributed by atoms with van der Waals surface area (Å²) in [6, 6.07) is 3.68. The van der Waals surface area contributed by atoms with Gasteiger partial charge in [0, 0.05) is 18.4 Å². The lowest BCUT2D eigenvalue weighted by atomic mass is 9.96. The summed E-state index contributed by atoms with van der Waals surface area (Å²) in [5, 5.41) is 0. The van der Waals surface area contributed by atoms with Crippen LogP contribution in [-0.4, -0.2) is 25.5 Å². The summed E-state index contributed by atoms with van der Waals surface area (Å²) in [6.07, 6.45) is 1.13. The van der Waals surface area contributed by atoms with Crippen LogP contribution in [0, 0.1) is 19.8 Å². The molecule has 0 aliphatic heterocycles. The van der Waals surface area contributed by atoms with E-state index >= 15 is 0 Å². The van der Waals surface area contributed by atoms with Crippen LogP contribution in [0.2, 0.25) is 0 Å². The lowest BCUT2D eigenvalue weighted by Crippen LogP contribution is -2.09. The molecule has 0 saturated carbocycles. The fourth-order valence-electron chi connectivity index (χ4n) is 2.14. The molecule has 0 saturated heterocycles. The van der Waals surface area contributed by atoms with Gasteiger partial charge in [-0.3, -0.25) is 9.59 Å². The maximum Gasteiger partial charge on any atom is 0.305 e. The van der Waals surface area contributed by atoms with Gasteiger partial charge in [0.05, 0.1) is 13.7 Å². The number of methoxy groups -OCH3 is 1. The van der Waals surface area contributed by atoms with Crippen LogP contribution in [0.1, 0.15) is 54.6 Å². The predicted molar refractivity (Wildman–Crippen MR) is 86.4 cm³/mol. The summed E-state index contributed by atoms with van der Waals surface area (Å²) in [7, 11) is 1.35. The van der Waals surface area contributed by atoms with Gasteiger partial charge >= 0.3 is 5.97 Å². The van der Waals surface area contributed by atoms with Crippen molar-refractivity contribution >= 4 is 11.8 Å². The zero-order chi connectivity index (χ0) is 16.7. The van der Waals surface area contributed by atoms with Gasteiger partial charge in [-0.25, -0.2) is 0 Å².